The fourth-order valence-corrected chi connectivity index (χ4v) is 2.03. The summed E-state index contributed by atoms with van der Waals surface area (Å²) in [6.07, 6.45) is 1.91. The fourth-order valence-electron chi connectivity index (χ4n) is 2.03. The number of esters is 1. The Hall–Kier alpha value is -1.14. The lowest BCUT2D eigenvalue weighted by atomic mass is 10.2. The highest BCUT2D eigenvalue weighted by Crippen LogP contribution is 2.15. The van der Waals surface area contributed by atoms with Gasteiger partial charge in [0.15, 0.2) is 0 Å². The lowest BCUT2D eigenvalue weighted by Crippen LogP contribution is -2.41. The van der Waals surface area contributed by atoms with E-state index in [1.807, 2.05) is 0 Å². The van der Waals surface area contributed by atoms with Crippen molar-refractivity contribution >= 4 is 11.9 Å². The van der Waals surface area contributed by atoms with Gasteiger partial charge in [-0.25, -0.2) is 0 Å². The van der Waals surface area contributed by atoms with Gasteiger partial charge in [-0.1, -0.05) is 0 Å². The molecule has 1 rings (SSSR count). The Morgan fingerprint density at radius 3 is 2.79 bits per heavy atom. The predicted molar refractivity (Wildman–Crippen MR) is 68.5 cm³/mol. The molecule has 1 N–H and O–H groups in total. The second-order valence-corrected chi connectivity index (χ2v) is 4.46. The van der Waals surface area contributed by atoms with Gasteiger partial charge in [0.2, 0.25) is 0 Å². The summed E-state index contributed by atoms with van der Waals surface area (Å²) in [5.41, 5.74) is 0. The highest BCUT2D eigenvalue weighted by Gasteiger charge is 2.28. The Morgan fingerprint density at radius 2 is 2.21 bits per heavy atom. The van der Waals surface area contributed by atoms with Crippen molar-refractivity contribution in [3.63, 3.8) is 0 Å². The van der Waals surface area contributed by atoms with Crippen LogP contribution in [0.15, 0.2) is 0 Å². The molecule has 6 nitrogen and oxygen atoms in total. The van der Waals surface area contributed by atoms with Crippen LogP contribution >= 0.6 is 0 Å². The first-order chi connectivity index (χ1) is 9.19. The smallest absolute Gasteiger partial charge is 0.307 e. The van der Waals surface area contributed by atoms with Crippen molar-refractivity contribution < 1.29 is 24.2 Å². The minimum absolute atomic E-state index is 0.0225. The third-order valence-corrected chi connectivity index (χ3v) is 2.99. The average molecular weight is 273 g/mol. The Kier molecular flexibility index (Phi) is 7.43. The van der Waals surface area contributed by atoms with Gasteiger partial charge in [-0.2, -0.15) is 0 Å². The van der Waals surface area contributed by atoms with Crippen LogP contribution in [0.2, 0.25) is 0 Å². The molecule has 1 heterocycles. The molecular formula is C13H23NO5. The number of ether oxygens (including phenoxy) is 2. The maximum absolute atomic E-state index is 12.2. The zero-order valence-electron chi connectivity index (χ0n) is 11.5. The summed E-state index contributed by atoms with van der Waals surface area (Å²) in [5, 5.41) is 8.86. The quantitative estimate of drug-likeness (QED) is 0.645. The van der Waals surface area contributed by atoms with Crippen molar-refractivity contribution in [1.82, 2.24) is 4.90 Å². The standard InChI is InChI=1S/C13H23NO5/c1-2-18-12(16)6-8-14(7-4-9-15)13(17)11-5-3-10-19-11/h11,15H,2-10H2,1H3. The summed E-state index contributed by atoms with van der Waals surface area (Å²) in [6.45, 7) is 3.48. The first kappa shape index (κ1) is 15.9. The Labute approximate surface area is 113 Å². The van der Waals surface area contributed by atoms with Gasteiger partial charge in [0, 0.05) is 26.3 Å². The number of carbonyl (C=O) groups excluding carboxylic acids is 2. The van der Waals surface area contributed by atoms with E-state index < -0.39 is 0 Å². The summed E-state index contributed by atoms with van der Waals surface area (Å²) < 4.78 is 10.2. The topological polar surface area (TPSA) is 76.1 Å². The molecule has 0 aromatic carbocycles. The maximum atomic E-state index is 12.2. The fraction of sp³-hybridized carbons (Fsp3) is 0.846. The van der Waals surface area contributed by atoms with E-state index in [-0.39, 0.29) is 31.0 Å². The number of carbonyl (C=O) groups is 2. The van der Waals surface area contributed by atoms with E-state index in [0.717, 1.165) is 12.8 Å². The summed E-state index contributed by atoms with van der Waals surface area (Å²) in [6, 6.07) is 0. The number of aliphatic hydroxyl groups is 1. The Balaban J connectivity index is 2.45. The molecule has 0 aliphatic carbocycles. The van der Waals surface area contributed by atoms with Crippen LogP contribution in [0.5, 0.6) is 0 Å². The number of aliphatic hydroxyl groups excluding tert-OH is 1. The second-order valence-electron chi connectivity index (χ2n) is 4.46. The van der Waals surface area contributed by atoms with Crippen molar-refractivity contribution in [1.29, 1.82) is 0 Å². The van der Waals surface area contributed by atoms with Crippen LogP contribution in [0.25, 0.3) is 0 Å². The zero-order valence-corrected chi connectivity index (χ0v) is 11.5. The molecule has 0 radical (unpaired) electrons. The minimum atomic E-state index is -0.388. The van der Waals surface area contributed by atoms with Crippen LogP contribution in [0.3, 0.4) is 0 Å². The van der Waals surface area contributed by atoms with E-state index in [4.69, 9.17) is 14.6 Å². The minimum Gasteiger partial charge on any atom is -0.466 e. The van der Waals surface area contributed by atoms with Crippen LogP contribution in [-0.2, 0) is 19.1 Å². The number of rotatable bonds is 8. The van der Waals surface area contributed by atoms with Crippen LogP contribution in [-0.4, -0.2) is 60.9 Å². The van der Waals surface area contributed by atoms with Gasteiger partial charge in [-0.05, 0) is 26.2 Å². The number of amides is 1. The molecule has 0 bridgehead atoms. The van der Waals surface area contributed by atoms with Crippen molar-refractivity contribution in [2.45, 2.75) is 38.7 Å². The largest absolute Gasteiger partial charge is 0.466 e. The lowest BCUT2D eigenvalue weighted by Gasteiger charge is -2.24. The number of nitrogens with zero attached hydrogens (tertiary/aromatic N) is 1. The monoisotopic (exact) mass is 273 g/mol. The molecule has 0 saturated carbocycles. The Morgan fingerprint density at radius 1 is 1.42 bits per heavy atom. The molecule has 0 aromatic heterocycles. The molecule has 1 saturated heterocycles. The van der Waals surface area contributed by atoms with E-state index in [1.165, 1.54) is 0 Å². The normalized spacial score (nSPS) is 18.3. The summed E-state index contributed by atoms with van der Waals surface area (Å²) >= 11 is 0. The predicted octanol–water partition coefficient (Wildman–Crippen LogP) is 0.330. The SMILES string of the molecule is CCOC(=O)CCN(CCCO)C(=O)C1CCCO1. The molecule has 1 atom stereocenters. The van der Waals surface area contributed by atoms with E-state index >= 15 is 0 Å². The van der Waals surface area contributed by atoms with Crippen molar-refractivity contribution in [3.05, 3.63) is 0 Å². The van der Waals surface area contributed by atoms with Crippen LogP contribution in [0.4, 0.5) is 0 Å². The molecule has 1 amide bonds. The second kappa shape index (κ2) is 8.87. The molecule has 1 fully saturated rings. The molecule has 0 spiro atoms. The number of hydrogen-bond donors (Lipinski definition) is 1. The van der Waals surface area contributed by atoms with Crippen molar-refractivity contribution in [2.24, 2.45) is 0 Å². The summed E-state index contributed by atoms with van der Waals surface area (Å²) in [7, 11) is 0. The molecule has 0 aromatic rings. The van der Waals surface area contributed by atoms with Gasteiger partial charge in [0.05, 0.1) is 13.0 Å². The average Bonchev–Trinajstić information content (AvgIpc) is 2.92. The van der Waals surface area contributed by atoms with Crippen molar-refractivity contribution in [2.75, 3.05) is 32.9 Å². The number of hydrogen-bond acceptors (Lipinski definition) is 5. The van der Waals surface area contributed by atoms with E-state index in [2.05, 4.69) is 0 Å². The third-order valence-electron chi connectivity index (χ3n) is 2.99. The van der Waals surface area contributed by atoms with E-state index in [1.54, 1.807) is 11.8 Å². The molecule has 1 unspecified atom stereocenters. The van der Waals surface area contributed by atoms with Gasteiger partial charge in [-0.15, -0.1) is 0 Å². The highest BCUT2D eigenvalue weighted by atomic mass is 16.5. The van der Waals surface area contributed by atoms with Crippen LogP contribution in [0, 0.1) is 0 Å². The van der Waals surface area contributed by atoms with Gasteiger partial charge >= 0.3 is 5.97 Å². The van der Waals surface area contributed by atoms with Gasteiger partial charge < -0.3 is 19.5 Å². The first-order valence-electron chi connectivity index (χ1n) is 6.86. The summed E-state index contributed by atoms with van der Waals surface area (Å²) in [5.74, 6) is -0.396. The van der Waals surface area contributed by atoms with Crippen molar-refractivity contribution in [3.8, 4) is 0 Å². The molecule has 19 heavy (non-hydrogen) atoms. The first-order valence-corrected chi connectivity index (χ1v) is 6.86. The maximum Gasteiger partial charge on any atom is 0.307 e. The van der Waals surface area contributed by atoms with Gasteiger partial charge in [-0.3, -0.25) is 9.59 Å². The third kappa shape index (κ3) is 5.57. The van der Waals surface area contributed by atoms with E-state index in [0.29, 0.717) is 32.7 Å². The van der Waals surface area contributed by atoms with Gasteiger partial charge in [0.25, 0.3) is 5.91 Å². The molecule has 1 aliphatic rings. The zero-order chi connectivity index (χ0) is 14.1. The Bertz CT molecular complexity index is 289. The lowest BCUT2D eigenvalue weighted by molar-refractivity contribution is -0.146. The summed E-state index contributed by atoms with van der Waals surface area (Å²) in [4.78, 5) is 25.1. The van der Waals surface area contributed by atoms with E-state index in [9.17, 15) is 9.59 Å². The molecular weight excluding hydrogens is 250 g/mol. The van der Waals surface area contributed by atoms with Gasteiger partial charge in [0.1, 0.15) is 6.10 Å². The van der Waals surface area contributed by atoms with Crippen LogP contribution < -0.4 is 0 Å². The highest BCUT2D eigenvalue weighted by molar-refractivity contribution is 5.81. The molecule has 110 valence electrons. The molecule has 1 aliphatic heterocycles. The van der Waals surface area contributed by atoms with Crippen LogP contribution in [0.1, 0.15) is 32.6 Å². The molecule has 6 heteroatoms.